The van der Waals surface area contributed by atoms with Crippen LogP contribution in [0.2, 0.25) is 0 Å². The van der Waals surface area contributed by atoms with E-state index in [-0.39, 0.29) is 11.9 Å². The molecule has 0 saturated carbocycles. The Morgan fingerprint density at radius 3 is 1.40 bits per heavy atom. The molecule has 0 fully saturated rings. The zero-order valence-electron chi connectivity index (χ0n) is 30.7. The predicted molar refractivity (Wildman–Crippen MR) is 184 cm³/mol. The Labute approximate surface area is 269 Å². The van der Waals surface area contributed by atoms with E-state index >= 15 is 0 Å². The van der Waals surface area contributed by atoms with Crippen LogP contribution in [0.1, 0.15) is 158 Å². The van der Waals surface area contributed by atoms with Crippen LogP contribution in [0.3, 0.4) is 0 Å². The molecule has 0 aliphatic carbocycles. The van der Waals surface area contributed by atoms with Crippen LogP contribution in [0.15, 0.2) is 0 Å². The molecule has 5 heteroatoms. The number of nitrogens with zero attached hydrogens (tertiary/aromatic N) is 1. The summed E-state index contributed by atoms with van der Waals surface area (Å²) in [5.41, 5.74) is 0. The molecule has 0 aliphatic heterocycles. The van der Waals surface area contributed by atoms with E-state index in [4.69, 9.17) is 9.47 Å². The maximum atomic E-state index is 12.5. The van der Waals surface area contributed by atoms with E-state index in [0.717, 1.165) is 56.0 Å². The molecule has 0 radical (unpaired) electrons. The molecule has 4 unspecified atom stereocenters. The Kier molecular flexibility index (Phi) is 24.5. The summed E-state index contributed by atoms with van der Waals surface area (Å²) in [7, 11) is 4.20. The molecule has 0 spiro atoms. The number of esters is 2. The Morgan fingerprint density at radius 1 is 0.558 bits per heavy atom. The van der Waals surface area contributed by atoms with Crippen LogP contribution in [-0.2, 0) is 19.1 Å². The minimum Gasteiger partial charge on any atom is -0.460 e. The van der Waals surface area contributed by atoms with Crippen molar-refractivity contribution >= 4 is 11.9 Å². The summed E-state index contributed by atoms with van der Waals surface area (Å²) in [6, 6.07) is 0. The van der Waals surface area contributed by atoms with E-state index in [1.807, 2.05) is 0 Å². The molecule has 0 bridgehead atoms. The van der Waals surface area contributed by atoms with E-state index in [1.165, 1.54) is 70.6 Å². The van der Waals surface area contributed by atoms with Crippen LogP contribution in [-0.4, -0.2) is 56.8 Å². The number of ether oxygens (including phenoxy) is 2. The van der Waals surface area contributed by atoms with Crippen molar-refractivity contribution in [1.82, 2.24) is 0 Å². The molecule has 0 aromatic rings. The normalized spacial score (nSPS) is 15.0. The van der Waals surface area contributed by atoms with Crippen molar-refractivity contribution in [3.8, 4) is 0 Å². The fourth-order valence-electron chi connectivity index (χ4n) is 5.86. The first-order chi connectivity index (χ1) is 20.2. The quantitative estimate of drug-likeness (QED) is 0.0653. The minimum atomic E-state index is -0.0871. The van der Waals surface area contributed by atoms with Crippen molar-refractivity contribution in [2.45, 2.75) is 158 Å². The van der Waals surface area contributed by atoms with Gasteiger partial charge in [0.25, 0.3) is 0 Å². The molecular formula is C38H76NO4+. The molecule has 0 heterocycles. The first-order valence-corrected chi connectivity index (χ1v) is 18.4. The van der Waals surface area contributed by atoms with Crippen LogP contribution in [0.25, 0.3) is 0 Å². The lowest BCUT2D eigenvalue weighted by atomic mass is 9.91. The third-order valence-corrected chi connectivity index (χ3v) is 9.45. The van der Waals surface area contributed by atoms with Crippen LogP contribution in [0.5, 0.6) is 0 Å². The smallest absolute Gasteiger partial charge is 0.306 e. The van der Waals surface area contributed by atoms with E-state index in [9.17, 15) is 9.59 Å². The highest BCUT2D eigenvalue weighted by Gasteiger charge is 2.19. The van der Waals surface area contributed by atoms with Crippen molar-refractivity contribution < 1.29 is 23.5 Å². The maximum absolute atomic E-state index is 12.5. The van der Waals surface area contributed by atoms with Gasteiger partial charge >= 0.3 is 11.9 Å². The number of carbonyl (C=O) groups is 2. The van der Waals surface area contributed by atoms with Gasteiger partial charge in [-0.25, -0.2) is 0 Å². The van der Waals surface area contributed by atoms with Gasteiger partial charge in [-0.2, -0.15) is 0 Å². The fraction of sp³-hybridized carbons (Fsp3) is 0.947. The zero-order chi connectivity index (χ0) is 32.7. The molecule has 0 aromatic heterocycles. The van der Waals surface area contributed by atoms with Crippen molar-refractivity contribution in [2.75, 3.05) is 40.4 Å². The number of hydrogen-bond donors (Lipinski definition) is 0. The second-order valence-electron chi connectivity index (χ2n) is 15.7. The van der Waals surface area contributed by atoms with Crippen molar-refractivity contribution in [3.63, 3.8) is 0 Å². The third kappa shape index (κ3) is 27.0. The molecule has 0 aliphatic rings. The molecule has 0 saturated heterocycles. The molecule has 5 nitrogen and oxygen atoms in total. The Balaban J connectivity index is 4.00. The van der Waals surface area contributed by atoms with Gasteiger partial charge in [-0.3, -0.25) is 9.59 Å². The molecule has 43 heavy (non-hydrogen) atoms. The van der Waals surface area contributed by atoms with E-state index in [2.05, 4.69) is 69.5 Å². The van der Waals surface area contributed by atoms with Crippen LogP contribution < -0.4 is 0 Å². The number of likely N-dealkylation sites (N-methyl/N-ethyl adjacent to an activating group) is 1. The molecule has 0 rings (SSSR count). The van der Waals surface area contributed by atoms with Gasteiger partial charge in [0.1, 0.15) is 26.3 Å². The fourth-order valence-corrected chi connectivity index (χ4v) is 5.86. The third-order valence-electron chi connectivity index (χ3n) is 9.45. The van der Waals surface area contributed by atoms with Gasteiger partial charge in [0.15, 0.2) is 0 Å². The average molecular weight is 611 g/mol. The van der Waals surface area contributed by atoms with E-state index < -0.39 is 0 Å². The molecule has 0 aromatic carbocycles. The summed E-state index contributed by atoms with van der Waals surface area (Å²) >= 11 is 0. The van der Waals surface area contributed by atoms with Gasteiger partial charge in [-0.15, -0.1) is 0 Å². The lowest BCUT2D eigenvalue weighted by molar-refractivity contribution is -0.890. The summed E-state index contributed by atoms with van der Waals surface area (Å²) in [6.45, 7) is 20.7. The van der Waals surface area contributed by atoms with Gasteiger partial charge in [-0.05, 0) is 48.3 Å². The predicted octanol–water partition coefficient (Wildman–Crippen LogP) is 10.2. The van der Waals surface area contributed by atoms with Gasteiger partial charge in [0, 0.05) is 12.8 Å². The van der Waals surface area contributed by atoms with Crippen LogP contribution in [0, 0.1) is 35.5 Å². The average Bonchev–Trinajstić information content (AvgIpc) is 2.90. The lowest BCUT2D eigenvalue weighted by Crippen LogP contribution is -2.45. The highest BCUT2D eigenvalue weighted by atomic mass is 16.5. The molecular weight excluding hydrogens is 534 g/mol. The van der Waals surface area contributed by atoms with Gasteiger partial charge in [-0.1, -0.05) is 132 Å². The molecule has 0 N–H and O–H groups in total. The Hall–Kier alpha value is -1.10. The van der Waals surface area contributed by atoms with E-state index in [0.29, 0.717) is 42.4 Å². The zero-order valence-corrected chi connectivity index (χ0v) is 30.7. The summed E-state index contributed by atoms with van der Waals surface area (Å²) in [5, 5.41) is 0. The SMILES string of the molecule is CCC(CCCC(C)CCCC(C)C)CC(=O)OCC[N+](C)(C)CCOC(=O)CCC(C)CCCC(C)CCCC(C)C. The van der Waals surface area contributed by atoms with Gasteiger partial charge in [0.05, 0.1) is 14.1 Å². The second kappa shape index (κ2) is 25.1. The first kappa shape index (κ1) is 41.9. The van der Waals surface area contributed by atoms with Gasteiger partial charge in [0.2, 0.25) is 0 Å². The standard InChI is InChI=1S/C38H76NO4/c1-11-36(23-15-22-34(7)19-13-17-32(4)5)30-38(41)43-29-27-39(9,10)26-28-42-37(40)25-24-35(8)21-14-20-33(6)18-12-16-31(2)3/h31-36H,11-30H2,1-10H3/q+1. The summed E-state index contributed by atoms with van der Waals surface area (Å²) < 4.78 is 11.8. The summed E-state index contributed by atoms with van der Waals surface area (Å²) in [5.74, 6) is 4.01. The van der Waals surface area contributed by atoms with Crippen LogP contribution in [0.4, 0.5) is 0 Å². The van der Waals surface area contributed by atoms with Crippen molar-refractivity contribution in [1.29, 1.82) is 0 Å². The highest BCUT2D eigenvalue weighted by Crippen LogP contribution is 2.23. The second-order valence-corrected chi connectivity index (χ2v) is 15.7. The topological polar surface area (TPSA) is 52.6 Å². The Morgan fingerprint density at radius 2 is 0.953 bits per heavy atom. The highest BCUT2D eigenvalue weighted by molar-refractivity contribution is 5.69. The molecule has 256 valence electrons. The minimum absolute atomic E-state index is 0.0713. The maximum Gasteiger partial charge on any atom is 0.306 e. The molecule has 4 atom stereocenters. The van der Waals surface area contributed by atoms with Crippen molar-refractivity contribution in [2.24, 2.45) is 35.5 Å². The first-order valence-electron chi connectivity index (χ1n) is 18.4. The largest absolute Gasteiger partial charge is 0.460 e. The molecule has 0 amide bonds. The van der Waals surface area contributed by atoms with Crippen molar-refractivity contribution in [3.05, 3.63) is 0 Å². The number of rotatable bonds is 28. The lowest BCUT2D eigenvalue weighted by Gasteiger charge is -2.29. The van der Waals surface area contributed by atoms with Crippen LogP contribution >= 0.6 is 0 Å². The summed E-state index contributed by atoms with van der Waals surface area (Å²) in [4.78, 5) is 24.8. The number of carbonyl (C=O) groups excluding carboxylic acids is 2. The van der Waals surface area contributed by atoms with Gasteiger partial charge < -0.3 is 14.0 Å². The summed E-state index contributed by atoms with van der Waals surface area (Å²) in [6.07, 6.45) is 18.3. The monoisotopic (exact) mass is 611 g/mol. The number of quaternary nitrogens is 1. The number of hydrogen-bond acceptors (Lipinski definition) is 4. The van der Waals surface area contributed by atoms with E-state index in [1.54, 1.807) is 0 Å². The Bertz CT molecular complexity index is 689.